The second-order valence-corrected chi connectivity index (χ2v) is 7.94. The van der Waals surface area contributed by atoms with E-state index < -0.39 is 28.3 Å². The summed E-state index contributed by atoms with van der Waals surface area (Å²) in [6.45, 7) is 0.139. The van der Waals surface area contributed by atoms with E-state index >= 15 is 0 Å². The lowest BCUT2D eigenvalue weighted by molar-refractivity contribution is -0.119. The van der Waals surface area contributed by atoms with Gasteiger partial charge in [0.05, 0.1) is 11.9 Å². The van der Waals surface area contributed by atoms with Crippen LogP contribution in [0.15, 0.2) is 24.3 Å². The molecule has 0 saturated heterocycles. The van der Waals surface area contributed by atoms with E-state index in [1.807, 2.05) is 0 Å². The van der Waals surface area contributed by atoms with Gasteiger partial charge in [-0.15, -0.1) is 0 Å². The van der Waals surface area contributed by atoms with Crippen LogP contribution in [-0.2, 0) is 14.8 Å². The largest absolute Gasteiger partial charge is 0.354 e. The van der Waals surface area contributed by atoms with Crippen LogP contribution in [0.2, 0.25) is 0 Å². The predicted octanol–water partition coefficient (Wildman–Crippen LogP) is 2.29. The maximum absolute atomic E-state index is 13.9. The molecule has 1 saturated carbocycles. The Balaban J connectivity index is 2.01. The Morgan fingerprint density at radius 2 is 1.91 bits per heavy atom. The molecule has 0 aliphatic heterocycles. The quantitative estimate of drug-likeness (QED) is 0.862. The third-order valence-corrected chi connectivity index (χ3v) is 5.25. The van der Waals surface area contributed by atoms with Crippen LogP contribution in [0.3, 0.4) is 0 Å². The smallest absolute Gasteiger partial charge is 0.240 e. The van der Waals surface area contributed by atoms with Crippen molar-refractivity contribution in [3.8, 4) is 0 Å². The number of carbonyl (C=O) groups is 1. The van der Waals surface area contributed by atoms with Crippen LogP contribution >= 0.6 is 0 Å². The van der Waals surface area contributed by atoms with Crippen molar-refractivity contribution in [1.82, 2.24) is 5.32 Å². The standard InChI is InChI=1S/C16H23FN2O3S/c1-23(21,22)19(15-10-6-5-9-14(15)17)12-16(20)18-11-13-7-3-2-4-8-13/h5-6,9-10,13H,2-4,7-8,11-12H2,1H3,(H,18,20). The SMILES string of the molecule is CS(=O)(=O)N(CC(=O)NCC1CCCCC1)c1ccccc1F. The lowest BCUT2D eigenvalue weighted by Crippen LogP contribution is -2.42. The number of carbonyl (C=O) groups excluding carboxylic acids is 1. The van der Waals surface area contributed by atoms with Crippen molar-refractivity contribution >= 4 is 21.6 Å². The van der Waals surface area contributed by atoms with Gasteiger partial charge in [0.2, 0.25) is 15.9 Å². The van der Waals surface area contributed by atoms with Crippen molar-refractivity contribution in [2.75, 3.05) is 23.7 Å². The van der Waals surface area contributed by atoms with Gasteiger partial charge in [-0.2, -0.15) is 0 Å². The van der Waals surface area contributed by atoms with Gasteiger partial charge in [0, 0.05) is 6.54 Å². The zero-order valence-corrected chi connectivity index (χ0v) is 14.1. The molecule has 0 bridgehead atoms. The number of amides is 1. The first-order chi connectivity index (χ1) is 10.9. The molecule has 1 N–H and O–H groups in total. The Hall–Kier alpha value is -1.63. The van der Waals surface area contributed by atoms with Crippen LogP contribution in [0.4, 0.5) is 10.1 Å². The molecule has 0 unspecified atom stereocenters. The highest BCUT2D eigenvalue weighted by molar-refractivity contribution is 7.92. The lowest BCUT2D eigenvalue weighted by atomic mass is 9.89. The molecule has 0 heterocycles. The van der Waals surface area contributed by atoms with Crippen molar-refractivity contribution < 1.29 is 17.6 Å². The molecule has 1 aromatic rings. The number of sulfonamides is 1. The minimum Gasteiger partial charge on any atom is -0.354 e. The van der Waals surface area contributed by atoms with Gasteiger partial charge < -0.3 is 5.32 Å². The number of hydrogen-bond donors (Lipinski definition) is 1. The van der Waals surface area contributed by atoms with Crippen molar-refractivity contribution in [3.63, 3.8) is 0 Å². The highest BCUT2D eigenvalue weighted by Gasteiger charge is 2.24. The Bertz CT molecular complexity index is 642. The Labute approximate surface area is 136 Å². The van der Waals surface area contributed by atoms with Crippen molar-refractivity contribution in [1.29, 1.82) is 0 Å². The normalized spacial score (nSPS) is 16.1. The van der Waals surface area contributed by atoms with E-state index in [0.717, 1.165) is 23.4 Å². The summed E-state index contributed by atoms with van der Waals surface area (Å²) in [4.78, 5) is 12.1. The first-order valence-corrected chi connectivity index (χ1v) is 9.71. The minimum absolute atomic E-state index is 0.109. The van der Waals surface area contributed by atoms with Gasteiger partial charge in [-0.3, -0.25) is 9.10 Å². The van der Waals surface area contributed by atoms with Gasteiger partial charge >= 0.3 is 0 Å². The third kappa shape index (κ3) is 5.20. The van der Waals surface area contributed by atoms with E-state index in [2.05, 4.69) is 5.32 Å². The van der Waals surface area contributed by atoms with Gasteiger partial charge in [-0.05, 0) is 30.9 Å². The summed E-state index contributed by atoms with van der Waals surface area (Å²) >= 11 is 0. The zero-order chi connectivity index (χ0) is 16.9. The molecule has 23 heavy (non-hydrogen) atoms. The molecule has 2 rings (SSSR count). The summed E-state index contributed by atoms with van der Waals surface area (Å²) in [6.07, 6.45) is 6.72. The van der Waals surface area contributed by atoms with Crippen LogP contribution in [-0.4, -0.2) is 33.7 Å². The van der Waals surface area contributed by atoms with Crippen LogP contribution in [0.5, 0.6) is 0 Å². The van der Waals surface area contributed by atoms with Gasteiger partial charge in [0.15, 0.2) is 0 Å². The maximum Gasteiger partial charge on any atom is 0.240 e. The first-order valence-electron chi connectivity index (χ1n) is 7.87. The summed E-state index contributed by atoms with van der Waals surface area (Å²) in [5.41, 5.74) is -0.109. The molecular formula is C16H23FN2O3S. The van der Waals surface area contributed by atoms with Crippen LogP contribution in [0, 0.1) is 11.7 Å². The molecular weight excluding hydrogens is 319 g/mol. The molecule has 1 aliphatic carbocycles. The summed E-state index contributed by atoms with van der Waals surface area (Å²) in [7, 11) is -3.75. The number of rotatable bonds is 6. The fourth-order valence-electron chi connectivity index (χ4n) is 2.87. The summed E-state index contributed by atoms with van der Waals surface area (Å²) in [6, 6.07) is 5.54. The molecule has 1 aromatic carbocycles. The van der Waals surface area contributed by atoms with E-state index in [1.54, 1.807) is 0 Å². The molecule has 1 amide bonds. The summed E-state index contributed by atoms with van der Waals surface area (Å²) < 4.78 is 38.5. The molecule has 1 fully saturated rings. The van der Waals surface area contributed by atoms with Crippen molar-refractivity contribution in [3.05, 3.63) is 30.1 Å². The Morgan fingerprint density at radius 3 is 2.52 bits per heavy atom. The first kappa shape index (κ1) is 17.7. The Kier molecular flexibility index (Phi) is 5.98. The summed E-state index contributed by atoms with van der Waals surface area (Å²) in [5.74, 6) is -0.630. The number of anilines is 1. The van der Waals surface area contributed by atoms with Crippen molar-refractivity contribution in [2.45, 2.75) is 32.1 Å². The molecule has 1 aliphatic rings. The van der Waals surface area contributed by atoms with Gasteiger partial charge in [-0.25, -0.2) is 12.8 Å². The van der Waals surface area contributed by atoms with Crippen LogP contribution in [0.1, 0.15) is 32.1 Å². The van der Waals surface area contributed by atoms with Crippen molar-refractivity contribution in [2.24, 2.45) is 5.92 Å². The second-order valence-electron chi connectivity index (χ2n) is 6.03. The van der Waals surface area contributed by atoms with E-state index in [9.17, 15) is 17.6 Å². The number of halogens is 1. The average Bonchev–Trinajstić information content (AvgIpc) is 2.51. The van der Waals surface area contributed by atoms with Gasteiger partial charge in [0.25, 0.3) is 0 Å². The van der Waals surface area contributed by atoms with E-state index in [1.165, 1.54) is 43.5 Å². The monoisotopic (exact) mass is 342 g/mol. The van der Waals surface area contributed by atoms with E-state index in [4.69, 9.17) is 0 Å². The average molecular weight is 342 g/mol. The topological polar surface area (TPSA) is 66.5 Å². The Morgan fingerprint density at radius 1 is 1.26 bits per heavy atom. The number of hydrogen-bond acceptors (Lipinski definition) is 3. The van der Waals surface area contributed by atoms with Crippen LogP contribution in [0.25, 0.3) is 0 Å². The van der Waals surface area contributed by atoms with Gasteiger partial charge in [-0.1, -0.05) is 31.4 Å². The fraction of sp³-hybridized carbons (Fsp3) is 0.562. The number of para-hydroxylation sites is 1. The molecule has 0 aromatic heterocycles. The molecule has 0 atom stereocenters. The predicted molar refractivity (Wildman–Crippen MR) is 88.2 cm³/mol. The number of nitrogens with zero attached hydrogens (tertiary/aromatic N) is 1. The third-order valence-electron chi connectivity index (χ3n) is 4.12. The van der Waals surface area contributed by atoms with E-state index in [0.29, 0.717) is 12.5 Å². The van der Waals surface area contributed by atoms with Crippen LogP contribution < -0.4 is 9.62 Å². The number of benzene rings is 1. The zero-order valence-electron chi connectivity index (χ0n) is 13.3. The molecule has 128 valence electrons. The molecule has 0 spiro atoms. The van der Waals surface area contributed by atoms with Gasteiger partial charge in [0.1, 0.15) is 12.4 Å². The number of nitrogens with one attached hydrogen (secondary N) is 1. The molecule has 7 heteroatoms. The molecule has 0 radical (unpaired) electrons. The maximum atomic E-state index is 13.9. The lowest BCUT2D eigenvalue weighted by Gasteiger charge is -2.24. The second kappa shape index (κ2) is 7.77. The molecule has 5 nitrogen and oxygen atoms in total. The highest BCUT2D eigenvalue weighted by atomic mass is 32.2. The summed E-state index contributed by atoms with van der Waals surface area (Å²) in [5, 5.41) is 2.78. The van der Waals surface area contributed by atoms with E-state index in [-0.39, 0.29) is 5.69 Å². The highest BCUT2D eigenvalue weighted by Crippen LogP contribution is 2.23. The fourth-order valence-corrected chi connectivity index (χ4v) is 3.73. The minimum atomic E-state index is -3.75.